The van der Waals surface area contributed by atoms with Gasteiger partial charge in [0.15, 0.2) is 5.78 Å². The van der Waals surface area contributed by atoms with E-state index in [4.69, 9.17) is 0 Å². The van der Waals surface area contributed by atoms with Gasteiger partial charge in [0, 0.05) is 62.6 Å². The molecule has 1 aliphatic heterocycles. The summed E-state index contributed by atoms with van der Waals surface area (Å²) in [6, 6.07) is 7.79. The van der Waals surface area contributed by atoms with Crippen LogP contribution in [0.5, 0.6) is 0 Å². The molecule has 1 amide bonds. The Hall–Kier alpha value is -3.68. The summed E-state index contributed by atoms with van der Waals surface area (Å²) in [7, 11) is 3.98. The molecule has 3 aromatic rings. The van der Waals surface area contributed by atoms with Crippen molar-refractivity contribution in [2.75, 3.05) is 22.6 Å². The first-order valence-electron chi connectivity index (χ1n) is 10.9. The second kappa shape index (κ2) is 7.78. The molecule has 0 radical (unpaired) electrons. The lowest BCUT2D eigenvalue weighted by Gasteiger charge is -2.29. The van der Waals surface area contributed by atoms with E-state index < -0.39 is 0 Å². The molecule has 8 nitrogen and oxygen atoms in total. The number of carbonyl (C=O) groups excluding carboxylic acids is 2. The molecular formula is C24H26N6O2. The summed E-state index contributed by atoms with van der Waals surface area (Å²) in [5, 5.41) is 11.0. The number of rotatable bonds is 6. The molecule has 1 fully saturated rings. The number of carbonyl (C=O) groups is 2. The van der Waals surface area contributed by atoms with Crippen LogP contribution < -0.4 is 15.5 Å². The number of aryl methyl sites for hydroxylation is 1. The van der Waals surface area contributed by atoms with Gasteiger partial charge in [-0.1, -0.05) is 19.1 Å². The Balaban J connectivity index is 1.55. The fourth-order valence-electron chi connectivity index (χ4n) is 4.22. The Labute approximate surface area is 186 Å². The topological polar surface area (TPSA) is 92.1 Å². The Morgan fingerprint density at radius 3 is 2.75 bits per heavy atom. The number of anilines is 4. The minimum absolute atomic E-state index is 0.00904. The van der Waals surface area contributed by atoms with Gasteiger partial charge < -0.3 is 15.5 Å². The second-order valence-electron chi connectivity index (χ2n) is 8.51. The van der Waals surface area contributed by atoms with Gasteiger partial charge in [0.1, 0.15) is 5.82 Å². The monoisotopic (exact) mass is 430 g/mol. The van der Waals surface area contributed by atoms with E-state index in [0.717, 1.165) is 42.0 Å². The van der Waals surface area contributed by atoms with Gasteiger partial charge in [-0.3, -0.25) is 14.3 Å². The van der Waals surface area contributed by atoms with E-state index in [1.165, 1.54) is 5.56 Å². The first kappa shape index (κ1) is 20.2. The molecule has 3 heterocycles. The van der Waals surface area contributed by atoms with Crippen LogP contribution in [-0.4, -0.2) is 33.5 Å². The molecule has 2 aromatic heterocycles. The van der Waals surface area contributed by atoms with E-state index in [1.54, 1.807) is 12.3 Å². The number of aromatic nitrogens is 3. The Kier molecular flexibility index (Phi) is 4.92. The summed E-state index contributed by atoms with van der Waals surface area (Å²) >= 11 is 0. The van der Waals surface area contributed by atoms with E-state index in [0.29, 0.717) is 23.5 Å². The number of fused-ring (bicyclic) bond motifs is 3. The smallest absolute Gasteiger partial charge is 0.228 e. The highest BCUT2D eigenvalue weighted by Gasteiger charge is 2.30. The molecule has 0 saturated heterocycles. The van der Waals surface area contributed by atoms with Crippen LogP contribution in [0.1, 0.15) is 42.1 Å². The molecule has 2 N–H and O–H groups in total. The highest BCUT2D eigenvalue weighted by molar-refractivity contribution is 6.03. The lowest BCUT2D eigenvalue weighted by Crippen LogP contribution is -2.22. The number of pyridine rings is 1. The average Bonchev–Trinajstić information content (AvgIpc) is 3.56. The standard InChI is InChI=1S/C24H26N6O2/c1-4-20(31)17-11-25-21(27-24(32)14-8-9-14)10-19(17)26-18-7-5-6-16-22-15(13-30(3)28-22)12-29(2)23(16)18/h5-7,10-11,13-14H,4,8-9,12H2,1-3H3,(H2,25,26,27,32). The van der Waals surface area contributed by atoms with E-state index in [2.05, 4.69) is 31.7 Å². The summed E-state index contributed by atoms with van der Waals surface area (Å²) in [5.74, 6) is 0.498. The number of hydrogen-bond donors (Lipinski definition) is 2. The maximum Gasteiger partial charge on any atom is 0.228 e. The molecule has 0 unspecified atom stereocenters. The van der Waals surface area contributed by atoms with Crippen molar-refractivity contribution in [3.8, 4) is 11.3 Å². The minimum atomic E-state index is -0.0162. The fraction of sp³-hybridized carbons (Fsp3) is 0.333. The largest absolute Gasteiger partial charge is 0.368 e. The third-order valence-corrected chi connectivity index (χ3v) is 5.98. The van der Waals surface area contributed by atoms with E-state index in [-0.39, 0.29) is 17.6 Å². The van der Waals surface area contributed by atoms with Crippen LogP contribution in [0.3, 0.4) is 0 Å². The molecule has 1 aromatic carbocycles. The minimum Gasteiger partial charge on any atom is -0.368 e. The molecule has 0 spiro atoms. The van der Waals surface area contributed by atoms with Crippen molar-refractivity contribution < 1.29 is 9.59 Å². The Bertz CT molecular complexity index is 1230. The van der Waals surface area contributed by atoms with Crippen LogP contribution in [0, 0.1) is 5.92 Å². The zero-order valence-electron chi connectivity index (χ0n) is 18.5. The number of hydrogen-bond acceptors (Lipinski definition) is 6. The van der Waals surface area contributed by atoms with Crippen molar-refractivity contribution >= 4 is 34.6 Å². The third kappa shape index (κ3) is 3.62. The lowest BCUT2D eigenvalue weighted by atomic mass is 9.99. The highest BCUT2D eigenvalue weighted by atomic mass is 16.2. The predicted octanol–water partition coefficient (Wildman–Crippen LogP) is 4.12. The maximum absolute atomic E-state index is 12.6. The van der Waals surface area contributed by atoms with Crippen molar-refractivity contribution in [1.82, 2.24) is 14.8 Å². The normalized spacial score (nSPS) is 14.5. The molecule has 8 heteroatoms. The SMILES string of the molecule is CCC(=O)c1cnc(NC(=O)C2CC2)cc1Nc1cccc2c1N(C)Cc1cn(C)nc1-2. The van der Waals surface area contributed by atoms with Crippen molar-refractivity contribution in [2.24, 2.45) is 13.0 Å². The molecule has 1 saturated carbocycles. The zero-order chi connectivity index (χ0) is 22.4. The van der Waals surface area contributed by atoms with Gasteiger partial charge in [-0.15, -0.1) is 0 Å². The quantitative estimate of drug-likeness (QED) is 0.572. The molecule has 5 rings (SSSR count). The molecule has 2 aliphatic rings. The molecule has 164 valence electrons. The summed E-state index contributed by atoms with van der Waals surface area (Å²) < 4.78 is 1.84. The Morgan fingerprint density at radius 1 is 1.19 bits per heavy atom. The number of nitrogens with zero attached hydrogens (tertiary/aromatic N) is 4. The van der Waals surface area contributed by atoms with Crippen LogP contribution in [0.2, 0.25) is 0 Å². The average molecular weight is 431 g/mol. The third-order valence-electron chi connectivity index (χ3n) is 5.98. The summed E-state index contributed by atoms with van der Waals surface area (Å²) in [6.07, 6.45) is 5.80. The number of Topliss-reactive ketones (excluding diaryl/α,β-unsaturated/α-hetero) is 1. The van der Waals surface area contributed by atoms with Gasteiger partial charge in [-0.2, -0.15) is 5.10 Å². The molecular weight excluding hydrogens is 404 g/mol. The number of para-hydroxylation sites is 1. The van der Waals surface area contributed by atoms with Crippen LogP contribution >= 0.6 is 0 Å². The van der Waals surface area contributed by atoms with Gasteiger partial charge in [0.25, 0.3) is 0 Å². The predicted molar refractivity (Wildman–Crippen MR) is 124 cm³/mol. The molecule has 0 atom stereocenters. The van der Waals surface area contributed by atoms with Gasteiger partial charge in [0.05, 0.1) is 28.3 Å². The van der Waals surface area contributed by atoms with Gasteiger partial charge in [-0.05, 0) is 18.9 Å². The number of amides is 1. The molecule has 1 aliphatic carbocycles. The summed E-state index contributed by atoms with van der Waals surface area (Å²) in [5.41, 5.74) is 6.22. The van der Waals surface area contributed by atoms with E-state index >= 15 is 0 Å². The second-order valence-corrected chi connectivity index (χ2v) is 8.51. The van der Waals surface area contributed by atoms with Crippen molar-refractivity contribution in [2.45, 2.75) is 32.7 Å². The van der Waals surface area contributed by atoms with E-state index in [9.17, 15) is 9.59 Å². The first-order valence-corrected chi connectivity index (χ1v) is 10.9. The van der Waals surface area contributed by atoms with E-state index in [1.807, 2.05) is 44.0 Å². The Morgan fingerprint density at radius 2 is 2.00 bits per heavy atom. The van der Waals surface area contributed by atoms with Crippen LogP contribution in [-0.2, 0) is 18.4 Å². The van der Waals surface area contributed by atoms with Crippen LogP contribution in [0.25, 0.3) is 11.3 Å². The highest BCUT2D eigenvalue weighted by Crippen LogP contribution is 2.43. The van der Waals surface area contributed by atoms with Crippen LogP contribution in [0.15, 0.2) is 36.7 Å². The lowest BCUT2D eigenvalue weighted by molar-refractivity contribution is -0.117. The maximum atomic E-state index is 12.6. The number of nitrogens with one attached hydrogen (secondary N) is 2. The molecule has 32 heavy (non-hydrogen) atoms. The van der Waals surface area contributed by atoms with Crippen molar-refractivity contribution in [1.29, 1.82) is 0 Å². The summed E-state index contributed by atoms with van der Waals surface area (Å²) in [6.45, 7) is 2.57. The first-order chi connectivity index (χ1) is 15.4. The summed E-state index contributed by atoms with van der Waals surface area (Å²) in [4.78, 5) is 31.3. The van der Waals surface area contributed by atoms with Crippen molar-refractivity contribution in [3.05, 3.63) is 47.8 Å². The zero-order valence-corrected chi connectivity index (χ0v) is 18.5. The van der Waals surface area contributed by atoms with Gasteiger partial charge >= 0.3 is 0 Å². The van der Waals surface area contributed by atoms with Gasteiger partial charge in [0.2, 0.25) is 5.91 Å². The number of ketones is 1. The fourth-order valence-corrected chi connectivity index (χ4v) is 4.22. The molecule has 0 bridgehead atoms. The van der Waals surface area contributed by atoms with Crippen molar-refractivity contribution in [3.63, 3.8) is 0 Å². The van der Waals surface area contributed by atoms with Gasteiger partial charge in [-0.25, -0.2) is 4.98 Å². The van der Waals surface area contributed by atoms with Crippen LogP contribution in [0.4, 0.5) is 22.9 Å². The number of benzene rings is 1.